The van der Waals surface area contributed by atoms with Crippen molar-refractivity contribution in [2.45, 2.75) is 30.9 Å². The number of hydrogen-bond acceptors (Lipinski definition) is 8. The molecule has 33 heavy (non-hydrogen) atoms. The van der Waals surface area contributed by atoms with Crippen LogP contribution in [0.3, 0.4) is 0 Å². The van der Waals surface area contributed by atoms with Crippen molar-refractivity contribution in [2.24, 2.45) is 5.92 Å². The summed E-state index contributed by atoms with van der Waals surface area (Å²) in [6.45, 7) is 3.54. The van der Waals surface area contributed by atoms with E-state index in [-0.39, 0.29) is 22.6 Å². The fourth-order valence-electron chi connectivity index (χ4n) is 3.57. The number of nitrogens with one attached hydrogen (secondary N) is 2. The van der Waals surface area contributed by atoms with Crippen molar-refractivity contribution in [3.05, 3.63) is 41.6 Å². The van der Waals surface area contributed by atoms with Crippen LogP contribution in [-0.4, -0.2) is 47.8 Å². The average Bonchev–Trinajstić information content (AvgIpc) is 3.44. The van der Waals surface area contributed by atoms with E-state index in [1.165, 1.54) is 17.3 Å². The quantitative estimate of drug-likeness (QED) is 0.543. The van der Waals surface area contributed by atoms with Crippen LogP contribution in [0.4, 0.5) is 11.4 Å². The molecule has 1 saturated heterocycles. The summed E-state index contributed by atoms with van der Waals surface area (Å²) in [4.78, 5) is 28.1. The Morgan fingerprint density at radius 2 is 1.88 bits per heavy atom. The van der Waals surface area contributed by atoms with Crippen LogP contribution in [0.5, 0.6) is 0 Å². The molecule has 0 unspecified atom stereocenters. The number of aromatic nitrogens is 2. The zero-order chi connectivity index (χ0) is 23.6. The van der Waals surface area contributed by atoms with Crippen LogP contribution in [-0.2, 0) is 19.6 Å². The SMILES string of the molecule is CC(=O)Nc1ccc(NC(=O)[C@H]2CCCN(S(=O)(=O)c3cc(-c4noc(C)n4)cs3)C2)cc1. The molecule has 4 rings (SSSR count). The lowest BCUT2D eigenvalue weighted by Crippen LogP contribution is -2.43. The number of hydrogen-bond donors (Lipinski definition) is 2. The number of thiophene rings is 1. The Morgan fingerprint density at radius 1 is 1.18 bits per heavy atom. The Hall–Kier alpha value is -3.09. The standard InChI is InChI=1S/C21H23N5O5S2/c1-13(27)22-17-5-7-18(8-6-17)24-21(28)15-4-3-9-26(11-15)33(29,30)19-10-16(12-32-19)20-23-14(2)31-25-20/h5-8,10,12,15H,3-4,9,11H2,1-2H3,(H,22,27)(H,24,28)/t15-/m0/s1. The van der Waals surface area contributed by atoms with E-state index in [1.54, 1.807) is 36.6 Å². The van der Waals surface area contributed by atoms with E-state index in [1.807, 2.05) is 0 Å². The van der Waals surface area contributed by atoms with Gasteiger partial charge in [0.2, 0.25) is 23.5 Å². The molecule has 0 aliphatic carbocycles. The van der Waals surface area contributed by atoms with E-state index >= 15 is 0 Å². The van der Waals surface area contributed by atoms with E-state index in [9.17, 15) is 18.0 Å². The number of rotatable bonds is 6. The molecule has 1 aliphatic heterocycles. The van der Waals surface area contributed by atoms with Crippen molar-refractivity contribution >= 4 is 44.5 Å². The van der Waals surface area contributed by atoms with Crippen LogP contribution in [0.15, 0.2) is 44.4 Å². The second-order valence-electron chi connectivity index (χ2n) is 7.74. The first-order valence-electron chi connectivity index (χ1n) is 10.3. The number of nitrogens with zero attached hydrogens (tertiary/aromatic N) is 3. The minimum atomic E-state index is -3.75. The van der Waals surface area contributed by atoms with Gasteiger partial charge in [0.25, 0.3) is 10.0 Å². The van der Waals surface area contributed by atoms with Gasteiger partial charge in [0.05, 0.1) is 5.92 Å². The fraction of sp³-hybridized carbons (Fsp3) is 0.333. The smallest absolute Gasteiger partial charge is 0.252 e. The topological polar surface area (TPSA) is 134 Å². The number of sulfonamides is 1. The zero-order valence-electron chi connectivity index (χ0n) is 18.1. The normalized spacial score (nSPS) is 17.0. The number of piperidine rings is 1. The molecule has 1 aliphatic rings. The molecule has 1 atom stereocenters. The highest BCUT2D eigenvalue weighted by Crippen LogP contribution is 2.31. The highest BCUT2D eigenvalue weighted by atomic mass is 32.2. The number of aryl methyl sites for hydroxylation is 1. The van der Waals surface area contributed by atoms with Crippen molar-refractivity contribution < 1.29 is 22.5 Å². The predicted molar refractivity (Wildman–Crippen MR) is 123 cm³/mol. The van der Waals surface area contributed by atoms with Crippen LogP contribution >= 0.6 is 11.3 Å². The molecule has 0 spiro atoms. The number of carbonyl (C=O) groups is 2. The van der Waals surface area contributed by atoms with Crippen molar-refractivity contribution in [3.8, 4) is 11.4 Å². The van der Waals surface area contributed by atoms with Crippen molar-refractivity contribution in [3.63, 3.8) is 0 Å². The van der Waals surface area contributed by atoms with E-state index in [4.69, 9.17) is 4.52 Å². The summed E-state index contributed by atoms with van der Waals surface area (Å²) in [5.74, 6) is -0.152. The average molecular weight is 490 g/mol. The van der Waals surface area contributed by atoms with E-state index < -0.39 is 15.9 Å². The molecule has 174 valence electrons. The molecule has 1 fully saturated rings. The van der Waals surface area contributed by atoms with E-state index in [0.717, 1.165) is 11.3 Å². The molecule has 3 heterocycles. The maximum absolute atomic E-state index is 13.2. The molecular formula is C21H23N5O5S2. The molecule has 10 nitrogen and oxygen atoms in total. The van der Waals surface area contributed by atoms with Gasteiger partial charge >= 0.3 is 0 Å². The lowest BCUT2D eigenvalue weighted by molar-refractivity contribution is -0.121. The first-order chi connectivity index (χ1) is 15.7. The predicted octanol–water partition coefficient (Wildman–Crippen LogP) is 3.10. The third-order valence-electron chi connectivity index (χ3n) is 5.18. The molecule has 0 radical (unpaired) electrons. The summed E-state index contributed by atoms with van der Waals surface area (Å²) in [6.07, 6.45) is 1.18. The van der Waals surface area contributed by atoms with Gasteiger partial charge in [-0.25, -0.2) is 8.42 Å². The van der Waals surface area contributed by atoms with Crippen LogP contribution < -0.4 is 10.6 Å². The van der Waals surface area contributed by atoms with Gasteiger partial charge in [0.15, 0.2) is 0 Å². The minimum Gasteiger partial charge on any atom is -0.339 e. The number of anilines is 2. The Balaban J connectivity index is 1.42. The van der Waals surface area contributed by atoms with Crippen molar-refractivity contribution in [1.82, 2.24) is 14.4 Å². The van der Waals surface area contributed by atoms with Crippen molar-refractivity contribution in [1.29, 1.82) is 0 Å². The van der Waals surface area contributed by atoms with E-state index in [2.05, 4.69) is 20.8 Å². The Morgan fingerprint density at radius 3 is 2.52 bits per heavy atom. The highest BCUT2D eigenvalue weighted by molar-refractivity contribution is 7.91. The first kappa shape index (κ1) is 23.1. The summed E-state index contributed by atoms with van der Waals surface area (Å²) >= 11 is 1.09. The largest absolute Gasteiger partial charge is 0.339 e. The molecular weight excluding hydrogens is 466 g/mol. The molecule has 1 aromatic carbocycles. The van der Waals surface area contributed by atoms with Gasteiger partial charge in [-0.05, 0) is 43.2 Å². The Labute approximate surface area is 195 Å². The fourth-order valence-corrected chi connectivity index (χ4v) is 6.41. The summed E-state index contributed by atoms with van der Waals surface area (Å²) < 4.78 is 32.9. The van der Waals surface area contributed by atoms with Crippen LogP contribution in [0.1, 0.15) is 25.7 Å². The third kappa shape index (κ3) is 5.29. The van der Waals surface area contributed by atoms with Gasteiger partial charge in [0.1, 0.15) is 4.21 Å². The minimum absolute atomic E-state index is 0.104. The molecule has 3 aromatic rings. The summed E-state index contributed by atoms with van der Waals surface area (Å²) in [5.41, 5.74) is 1.78. The van der Waals surface area contributed by atoms with Gasteiger partial charge in [-0.3, -0.25) is 9.59 Å². The van der Waals surface area contributed by atoms with E-state index in [0.29, 0.717) is 48.0 Å². The number of benzene rings is 1. The maximum atomic E-state index is 13.2. The number of amides is 2. The van der Waals surface area contributed by atoms with Crippen LogP contribution in [0, 0.1) is 12.8 Å². The van der Waals surface area contributed by atoms with Gasteiger partial charge in [0, 0.05) is 49.3 Å². The van der Waals surface area contributed by atoms with Gasteiger partial charge in [-0.2, -0.15) is 9.29 Å². The molecule has 12 heteroatoms. The molecule has 2 amide bonds. The zero-order valence-corrected chi connectivity index (χ0v) is 19.7. The first-order valence-corrected chi connectivity index (χ1v) is 12.6. The maximum Gasteiger partial charge on any atom is 0.252 e. The van der Waals surface area contributed by atoms with Crippen molar-refractivity contribution in [2.75, 3.05) is 23.7 Å². The molecule has 2 N–H and O–H groups in total. The molecule has 0 bridgehead atoms. The number of carbonyl (C=O) groups excluding carboxylic acids is 2. The van der Waals surface area contributed by atoms with Crippen LogP contribution in [0.25, 0.3) is 11.4 Å². The van der Waals surface area contributed by atoms with Gasteiger partial charge in [-0.1, -0.05) is 5.16 Å². The summed E-state index contributed by atoms with van der Waals surface area (Å²) in [7, 11) is -3.75. The van der Waals surface area contributed by atoms with Gasteiger partial charge in [-0.15, -0.1) is 11.3 Å². The Bertz CT molecular complexity index is 1270. The highest BCUT2D eigenvalue weighted by Gasteiger charge is 2.34. The summed E-state index contributed by atoms with van der Waals surface area (Å²) in [6, 6.07) is 8.29. The lowest BCUT2D eigenvalue weighted by Gasteiger charge is -2.30. The van der Waals surface area contributed by atoms with Crippen LogP contribution in [0.2, 0.25) is 0 Å². The monoisotopic (exact) mass is 489 g/mol. The molecule has 0 saturated carbocycles. The second kappa shape index (κ2) is 9.41. The molecule has 2 aromatic heterocycles. The lowest BCUT2D eigenvalue weighted by atomic mass is 9.98. The summed E-state index contributed by atoms with van der Waals surface area (Å²) in [5, 5.41) is 11.0. The van der Waals surface area contributed by atoms with Gasteiger partial charge < -0.3 is 15.2 Å². The third-order valence-corrected chi connectivity index (χ3v) is 8.46. The second-order valence-corrected chi connectivity index (χ2v) is 10.8. The Kier molecular flexibility index (Phi) is 6.58.